The Bertz CT molecular complexity index is 91.7. The van der Waals surface area contributed by atoms with Crippen LogP contribution < -0.4 is 0 Å². The van der Waals surface area contributed by atoms with Gasteiger partial charge >= 0.3 is 0 Å². The van der Waals surface area contributed by atoms with Crippen LogP contribution in [0.1, 0.15) is 53.4 Å². The molecule has 0 N–H and O–H groups in total. The summed E-state index contributed by atoms with van der Waals surface area (Å²) in [7, 11) is 0. The van der Waals surface area contributed by atoms with Gasteiger partial charge in [0.2, 0.25) is 0 Å². The van der Waals surface area contributed by atoms with E-state index >= 15 is 0 Å². The first-order chi connectivity index (χ1) is 5.56. The second-order valence-electron chi connectivity index (χ2n) is 4.53. The normalized spacial score (nSPS) is 12.0. The smallest absolute Gasteiger partial charge is 0.0836 e. The molecule has 12 heavy (non-hydrogen) atoms. The number of hydrogen-bond donors (Lipinski definition) is 0. The lowest BCUT2D eigenvalue weighted by molar-refractivity contribution is 0.113. The van der Waals surface area contributed by atoms with E-state index in [-0.39, 0.29) is 0 Å². The molecular weight excluding hydrogens is 148 g/mol. The number of ether oxygens (including phenoxy) is 1. The highest BCUT2D eigenvalue weighted by Gasteiger charge is 2.09. The van der Waals surface area contributed by atoms with Crippen LogP contribution in [0, 0.1) is 12.0 Å². The summed E-state index contributed by atoms with van der Waals surface area (Å²) in [5, 5.41) is 0. The molecule has 0 aromatic heterocycles. The Morgan fingerprint density at radius 3 is 2.33 bits per heavy atom. The van der Waals surface area contributed by atoms with Crippen LogP contribution in [0.3, 0.4) is 0 Å². The first-order valence-electron chi connectivity index (χ1n) is 4.99. The minimum atomic E-state index is 0.293. The van der Waals surface area contributed by atoms with Crippen molar-refractivity contribution in [3.05, 3.63) is 6.61 Å². The zero-order chi connectivity index (χ0) is 9.45. The molecule has 1 heteroatoms. The molecule has 0 bridgehead atoms. The molecule has 1 radical (unpaired) electrons. The zero-order valence-corrected chi connectivity index (χ0v) is 9.02. The van der Waals surface area contributed by atoms with Crippen LogP contribution in [-0.2, 0) is 4.74 Å². The standard InChI is InChI=1S/C11H23O/c1-5-6-7-8-9-12-10-11(2,3)4/h9H,5-8,10H2,1-4H3. The van der Waals surface area contributed by atoms with Crippen molar-refractivity contribution >= 4 is 0 Å². The molecule has 0 aliphatic rings. The third-order valence-corrected chi connectivity index (χ3v) is 1.56. The third-order valence-electron chi connectivity index (χ3n) is 1.56. The molecule has 0 fully saturated rings. The maximum absolute atomic E-state index is 5.42. The predicted octanol–water partition coefficient (Wildman–Crippen LogP) is 3.79. The molecule has 0 amide bonds. The number of rotatable bonds is 6. The van der Waals surface area contributed by atoms with E-state index in [1.807, 2.05) is 6.61 Å². The maximum Gasteiger partial charge on any atom is 0.0836 e. The van der Waals surface area contributed by atoms with E-state index in [1.165, 1.54) is 19.3 Å². The quantitative estimate of drug-likeness (QED) is 0.552. The highest BCUT2D eigenvalue weighted by Crippen LogP contribution is 2.14. The molecule has 0 aliphatic heterocycles. The van der Waals surface area contributed by atoms with Crippen LogP contribution in [0.25, 0.3) is 0 Å². The summed E-state index contributed by atoms with van der Waals surface area (Å²) in [6.45, 7) is 11.6. The molecule has 0 aliphatic carbocycles. The van der Waals surface area contributed by atoms with Crippen molar-refractivity contribution in [1.82, 2.24) is 0 Å². The highest BCUT2D eigenvalue weighted by atomic mass is 16.5. The summed E-state index contributed by atoms with van der Waals surface area (Å²) in [5.74, 6) is 0. The van der Waals surface area contributed by atoms with Gasteiger partial charge in [-0.25, -0.2) is 0 Å². The fourth-order valence-electron chi connectivity index (χ4n) is 0.870. The summed E-state index contributed by atoms with van der Waals surface area (Å²) in [6, 6.07) is 0. The molecule has 0 spiro atoms. The Balaban J connectivity index is 3.01. The second-order valence-corrected chi connectivity index (χ2v) is 4.53. The average molecular weight is 171 g/mol. The van der Waals surface area contributed by atoms with Crippen molar-refractivity contribution in [2.45, 2.75) is 53.4 Å². The Morgan fingerprint density at radius 1 is 1.17 bits per heavy atom. The van der Waals surface area contributed by atoms with E-state index in [1.54, 1.807) is 0 Å². The minimum Gasteiger partial charge on any atom is -0.375 e. The van der Waals surface area contributed by atoms with E-state index in [9.17, 15) is 0 Å². The van der Waals surface area contributed by atoms with Crippen molar-refractivity contribution < 1.29 is 4.74 Å². The first kappa shape index (κ1) is 12.0. The topological polar surface area (TPSA) is 9.23 Å². The van der Waals surface area contributed by atoms with Crippen molar-refractivity contribution in [1.29, 1.82) is 0 Å². The van der Waals surface area contributed by atoms with Gasteiger partial charge in [-0.3, -0.25) is 0 Å². The van der Waals surface area contributed by atoms with Crippen LogP contribution in [0.4, 0.5) is 0 Å². The summed E-state index contributed by atoms with van der Waals surface area (Å²) in [5.41, 5.74) is 0.293. The van der Waals surface area contributed by atoms with Crippen LogP contribution >= 0.6 is 0 Å². The van der Waals surface area contributed by atoms with Crippen molar-refractivity contribution in [2.75, 3.05) is 6.61 Å². The summed E-state index contributed by atoms with van der Waals surface area (Å²) < 4.78 is 5.42. The van der Waals surface area contributed by atoms with Crippen molar-refractivity contribution in [2.24, 2.45) is 5.41 Å². The van der Waals surface area contributed by atoms with E-state index in [0.29, 0.717) is 5.41 Å². The molecule has 0 aromatic carbocycles. The molecule has 0 aromatic rings. The van der Waals surface area contributed by atoms with E-state index in [2.05, 4.69) is 27.7 Å². The molecular formula is C11H23O. The summed E-state index contributed by atoms with van der Waals surface area (Å²) >= 11 is 0. The van der Waals surface area contributed by atoms with E-state index < -0.39 is 0 Å². The van der Waals surface area contributed by atoms with Gasteiger partial charge in [-0.15, -0.1) is 0 Å². The molecule has 0 atom stereocenters. The van der Waals surface area contributed by atoms with E-state index in [0.717, 1.165) is 13.0 Å². The average Bonchev–Trinajstić information content (AvgIpc) is 1.94. The largest absolute Gasteiger partial charge is 0.375 e. The Labute approximate surface area is 77.5 Å². The van der Waals surface area contributed by atoms with Crippen LogP contribution in [-0.4, -0.2) is 6.61 Å². The lowest BCUT2D eigenvalue weighted by atomic mass is 9.99. The van der Waals surface area contributed by atoms with Gasteiger partial charge in [-0.1, -0.05) is 47.0 Å². The van der Waals surface area contributed by atoms with E-state index in [4.69, 9.17) is 4.74 Å². The molecule has 0 saturated carbocycles. The van der Waals surface area contributed by atoms with Gasteiger partial charge in [0.1, 0.15) is 0 Å². The number of unbranched alkanes of at least 4 members (excludes halogenated alkanes) is 3. The van der Waals surface area contributed by atoms with Gasteiger partial charge < -0.3 is 4.74 Å². The van der Waals surface area contributed by atoms with Crippen LogP contribution in [0.2, 0.25) is 0 Å². The lowest BCUT2D eigenvalue weighted by Crippen LogP contribution is -2.13. The van der Waals surface area contributed by atoms with Crippen molar-refractivity contribution in [3.8, 4) is 0 Å². The predicted molar refractivity (Wildman–Crippen MR) is 53.8 cm³/mol. The summed E-state index contributed by atoms with van der Waals surface area (Å²) in [6.07, 6.45) is 4.97. The second kappa shape index (κ2) is 6.47. The maximum atomic E-state index is 5.42. The monoisotopic (exact) mass is 171 g/mol. The fourth-order valence-corrected chi connectivity index (χ4v) is 0.870. The number of hydrogen-bond acceptors (Lipinski definition) is 1. The van der Waals surface area contributed by atoms with Gasteiger partial charge in [-0.2, -0.15) is 0 Å². The van der Waals surface area contributed by atoms with Gasteiger partial charge in [-0.05, 0) is 11.8 Å². The zero-order valence-electron chi connectivity index (χ0n) is 9.02. The Morgan fingerprint density at radius 2 is 1.83 bits per heavy atom. The first-order valence-corrected chi connectivity index (χ1v) is 4.99. The van der Waals surface area contributed by atoms with Gasteiger partial charge in [0.25, 0.3) is 0 Å². The molecule has 73 valence electrons. The lowest BCUT2D eigenvalue weighted by Gasteiger charge is -2.17. The molecule has 0 unspecified atom stereocenters. The van der Waals surface area contributed by atoms with Gasteiger partial charge in [0, 0.05) is 0 Å². The molecule has 1 nitrogen and oxygen atoms in total. The highest BCUT2D eigenvalue weighted by molar-refractivity contribution is 4.61. The fraction of sp³-hybridized carbons (Fsp3) is 0.909. The summed E-state index contributed by atoms with van der Waals surface area (Å²) in [4.78, 5) is 0. The van der Waals surface area contributed by atoms with Crippen LogP contribution in [0.15, 0.2) is 0 Å². The Hall–Kier alpha value is -0.0400. The van der Waals surface area contributed by atoms with Gasteiger partial charge in [0.15, 0.2) is 0 Å². The SMILES string of the molecule is CCCCC[CH]OCC(C)(C)C. The van der Waals surface area contributed by atoms with Gasteiger partial charge in [0.05, 0.1) is 13.2 Å². The molecule has 0 heterocycles. The molecule has 0 saturated heterocycles. The third kappa shape index (κ3) is 9.96. The minimum absolute atomic E-state index is 0.293. The van der Waals surface area contributed by atoms with Crippen molar-refractivity contribution in [3.63, 3.8) is 0 Å². The Kier molecular flexibility index (Phi) is 6.45. The molecule has 0 rings (SSSR count). The van der Waals surface area contributed by atoms with Crippen LogP contribution in [0.5, 0.6) is 0 Å².